The van der Waals surface area contributed by atoms with E-state index in [1.165, 1.54) is 12.1 Å². The average molecular weight is 301 g/mol. The van der Waals surface area contributed by atoms with Crippen LogP contribution in [0.5, 0.6) is 0 Å². The van der Waals surface area contributed by atoms with E-state index in [1.807, 2.05) is 19.0 Å². The van der Waals surface area contributed by atoms with Crippen molar-refractivity contribution in [1.29, 1.82) is 0 Å². The lowest BCUT2D eigenvalue weighted by atomic mass is 10.3. The maximum atomic E-state index is 10.3. The summed E-state index contributed by atoms with van der Waals surface area (Å²) in [6.45, 7) is 0. The van der Waals surface area contributed by atoms with E-state index >= 15 is 0 Å². The SMILES string of the molecule is CN(C)c1ccc([N+](=O)[O-])cc1.O=S(=O)(Cl)Cl. The van der Waals surface area contributed by atoms with E-state index in [4.69, 9.17) is 8.42 Å². The molecule has 17 heavy (non-hydrogen) atoms. The zero-order chi connectivity index (χ0) is 13.6. The van der Waals surface area contributed by atoms with E-state index in [2.05, 4.69) is 21.4 Å². The fourth-order valence-corrected chi connectivity index (χ4v) is 0.872. The normalized spacial score (nSPS) is 10.1. The van der Waals surface area contributed by atoms with Gasteiger partial charge in [-0.05, 0) is 12.1 Å². The second kappa shape index (κ2) is 6.63. The Morgan fingerprint density at radius 1 is 1.18 bits per heavy atom. The van der Waals surface area contributed by atoms with Gasteiger partial charge in [-0.3, -0.25) is 10.1 Å². The second-order valence-corrected chi connectivity index (χ2v) is 6.71. The molecule has 96 valence electrons. The van der Waals surface area contributed by atoms with E-state index in [9.17, 15) is 10.1 Å². The van der Waals surface area contributed by atoms with Crippen LogP contribution in [0.25, 0.3) is 0 Å². The van der Waals surface area contributed by atoms with Crippen LogP contribution in [-0.2, 0) is 8.26 Å². The molecule has 6 nitrogen and oxygen atoms in total. The Balaban J connectivity index is 0.000000437. The number of hydrogen-bond donors (Lipinski definition) is 0. The molecule has 1 aromatic carbocycles. The van der Waals surface area contributed by atoms with Gasteiger partial charge in [0.2, 0.25) is 0 Å². The maximum absolute atomic E-state index is 10.3. The fraction of sp³-hybridized carbons (Fsp3) is 0.250. The van der Waals surface area contributed by atoms with E-state index < -0.39 is 13.2 Å². The van der Waals surface area contributed by atoms with Crippen molar-refractivity contribution in [3.63, 3.8) is 0 Å². The summed E-state index contributed by atoms with van der Waals surface area (Å²) < 4.78 is 18.3. The number of non-ortho nitro benzene ring substituents is 1. The zero-order valence-electron chi connectivity index (χ0n) is 9.00. The highest BCUT2D eigenvalue weighted by atomic mass is 36.0. The predicted molar refractivity (Wildman–Crippen MR) is 68.0 cm³/mol. The molecule has 0 bridgehead atoms. The minimum atomic E-state index is -3.72. The lowest BCUT2D eigenvalue weighted by Crippen LogP contribution is -2.08. The topological polar surface area (TPSA) is 80.5 Å². The summed E-state index contributed by atoms with van der Waals surface area (Å²) in [5.41, 5.74) is 1.08. The Morgan fingerprint density at radius 2 is 1.53 bits per heavy atom. The number of rotatable bonds is 2. The molecule has 0 N–H and O–H groups in total. The molecule has 0 heterocycles. The number of nitrogens with zero attached hydrogens (tertiary/aromatic N) is 2. The van der Waals surface area contributed by atoms with Gasteiger partial charge in [0.1, 0.15) is 0 Å². The van der Waals surface area contributed by atoms with Gasteiger partial charge in [-0.15, -0.1) is 0 Å². The predicted octanol–water partition coefficient (Wildman–Crippen LogP) is 2.37. The molecule has 1 rings (SSSR count). The average Bonchev–Trinajstić information content (AvgIpc) is 2.15. The largest absolute Gasteiger partial charge is 0.378 e. The van der Waals surface area contributed by atoms with Crippen LogP contribution in [0.3, 0.4) is 0 Å². The van der Waals surface area contributed by atoms with Crippen molar-refractivity contribution >= 4 is 41.0 Å². The van der Waals surface area contributed by atoms with E-state index in [1.54, 1.807) is 12.1 Å². The highest BCUT2D eigenvalue weighted by Crippen LogP contribution is 2.16. The molecule has 9 heteroatoms. The van der Waals surface area contributed by atoms with Crippen LogP contribution < -0.4 is 4.90 Å². The first-order chi connectivity index (χ1) is 7.61. The minimum absolute atomic E-state index is 0.126. The molecule has 0 spiro atoms. The van der Waals surface area contributed by atoms with Gasteiger partial charge >= 0.3 is 8.26 Å². The summed E-state index contributed by atoms with van der Waals surface area (Å²) in [5.74, 6) is 0. The first-order valence-electron chi connectivity index (χ1n) is 4.17. The highest BCUT2D eigenvalue weighted by Gasteiger charge is 2.03. The van der Waals surface area contributed by atoms with Crippen LogP contribution in [0.4, 0.5) is 11.4 Å². The van der Waals surface area contributed by atoms with E-state index in [-0.39, 0.29) is 5.69 Å². The molecule has 0 atom stereocenters. The van der Waals surface area contributed by atoms with Crippen LogP contribution in [0, 0.1) is 10.1 Å². The second-order valence-electron chi connectivity index (χ2n) is 3.05. The van der Waals surface area contributed by atoms with E-state index in [0.717, 1.165) is 5.69 Å². The van der Waals surface area contributed by atoms with Crippen molar-refractivity contribution < 1.29 is 13.3 Å². The first kappa shape index (κ1) is 16.0. The summed E-state index contributed by atoms with van der Waals surface area (Å²) in [4.78, 5) is 11.8. The van der Waals surface area contributed by atoms with Crippen molar-refractivity contribution in [2.75, 3.05) is 19.0 Å². The number of anilines is 1. The van der Waals surface area contributed by atoms with E-state index in [0.29, 0.717) is 0 Å². The fourth-order valence-electron chi connectivity index (χ4n) is 0.872. The standard InChI is InChI=1S/C8H10N2O2.Cl2O2S/c1-9(2)7-3-5-8(6-4-7)10(11)12;1-5(2,3)4/h3-6H,1-2H3;. The van der Waals surface area contributed by atoms with Crippen LogP contribution in [0.1, 0.15) is 0 Å². The smallest absolute Gasteiger partial charge is 0.317 e. The first-order valence-corrected chi connectivity index (χ1v) is 7.31. The maximum Gasteiger partial charge on any atom is 0.317 e. The molecule has 0 aromatic heterocycles. The summed E-state index contributed by atoms with van der Waals surface area (Å²) in [6, 6.07) is 6.43. The minimum Gasteiger partial charge on any atom is -0.378 e. The molecule has 0 saturated heterocycles. The molecule has 0 radical (unpaired) electrons. The highest BCUT2D eigenvalue weighted by molar-refractivity contribution is 8.31. The van der Waals surface area contributed by atoms with Gasteiger partial charge in [-0.25, -0.2) is 0 Å². The quantitative estimate of drug-likeness (QED) is 0.476. The monoisotopic (exact) mass is 300 g/mol. The van der Waals surface area contributed by atoms with Crippen molar-refractivity contribution in [2.45, 2.75) is 0 Å². The van der Waals surface area contributed by atoms with Crippen molar-refractivity contribution in [3.05, 3.63) is 34.4 Å². The molecule has 0 fully saturated rings. The van der Waals surface area contributed by atoms with Gasteiger partial charge < -0.3 is 4.90 Å². The molecule has 0 aliphatic heterocycles. The summed E-state index contributed by atoms with van der Waals surface area (Å²) >= 11 is 0. The van der Waals surface area contributed by atoms with Crippen LogP contribution in [0.2, 0.25) is 0 Å². The van der Waals surface area contributed by atoms with Crippen LogP contribution in [-0.4, -0.2) is 27.4 Å². The van der Waals surface area contributed by atoms with Crippen molar-refractivity contribution in [2.24, 2.45) is 0 Å². The van der Waals surface area contributed by atoms with Gasteiger partial charge in [0.25, 0.3) is 5.69 Å². The van der Waals surface area contributed by atoms with Gasteiger partial charge in [0.15, 0.2) is 0 Å². The van der Waals surface area contributed by atoms with Gasteiger partial charge in [0.05, 0.1) is 4.92 Å². The molecular formula is C8H10Cl2N2O4S. The molecule has 0 aliphatic carbocycles. The zero-order valence-corrected chi connectivity index (χ0v) is 11.3. The number of nitro groups is 1. The summed E-state index contributed by atoms with van der Waals surface area (Å²) in [5, 5.41) is 10.3. The molecule has 0 amide bonds. The van der Waals surface area contributed by atoms with Crippen LogP contribution in [0.15, 0.2) is 24.3 Å². The summed E-state index contributed by atoms with van der Waals surface area (Å²) in [6.07, 6.45) is 0. The lowest BCUT2D eigenvalue weighted by molar-refractivity contribution is -0.384. The molecule has 1 aromatic rings. The number of benzene rings is 1. The van der Waals surface area contributed by atoms with Gasteiger partial charge in [-0.2, -0.15) is 8.42 Å². The third-order valence-corrected chi connectivity index (χ3v) is 1.58. The third kappa shape index (κ3) is 8.73. The molecule has 0 saturated carbocycles. The number of nitro benzene ring substituents is 1. The van der Waals surface area contributed by atoms with Crippen molar-refractivity contribution in [1.82, 2.24) is 0 Å². The Labute approximate surface area is 108 Å². The molecule has 0 aliphatic rings. The third-order valence-electron chi connectivity index (χ3n) is 1.58. The van der Waals surface area contributed by atoms with Crippen molar-refractivity contribution in [3.8, 4) is 0 Å². The molecular weight excluding hydrogens is 291 g/mol. The molecule has 0 unspecified atom stereocenters. The summed E-state index contributed by atoms with van der Waals surface area (Å²) in [7, 11) is 8.59. The Morgan fingerprint density at radius 3 is 1.76 bits per heavy atom. The van der Waals surface area contributed by atoms with Crippen LogP contribution >= 0.6 is 21.4 Å². The number of hydrogen-bond acceptors (Lipinski definition) is 5. The Hall–Kier alpha value is -1.05. The lowest BCUT2D eigenvalue weighted by Gasteiger charge is -2.10. The van der Waals surface area contributed by atoms with Gasteiger partial charge in [0, 0.05) is 53.3 Å². The Bertz CT molecular complexity index is 465. The Kier molecular flexibility index (Phi) is 6.22. The van der Waals surface area contributed by atoms with Gasteiger partial charge in [-0.1, -0.05) is 0 Å². The number of halogens is 2.